The van der Waals surface area contributed by atoms with Crippen molar-refractivity contribution in [3.05, 3.63) is 94.4 Å². The topological polar surface area (TPSA) is 76.7 Å². The van der Waals surface area contributed by atoms with Crippen molar-refractivity contribution in [2.75, 3.05) is 17.2 Å². The molecule has 0 saturated heterocycles. The molecule has 0 fully saturated rings. The van der Waals surface area contributed by atoms with Crippen molar-refractivity contribution in [2.24, 2.45) is 0 Å². The summed E-state index contributed by atoms with van der Waals surface area (Å²) in [7, 11) is 0. The highest BCUT2D eigenvalue weighted by Gasteiger charge is 2.16. The fourth-order valence-corrected chi connectivity index (χ4v) is 3.45. The lowest BCUT2D eigenvalue weighted by atomic mass is 10.2. The highest BCUT2D eigenvalue weighted by molar-refractivity contribution is 9.10. The van der Waals surface area contributed by atoms with Crippen LogP contribution in [0.25, 0.3) is 0 Å². The predicted octanol–water partition coefficient (Wildman–Crippen LogP) is 6.33. The van der Waals surface area contributed by atoms with Gasteiger partial charge in [-0.3, -0.25) is 9.59 Å². The molecular formula is C25H22BrClN2O4. The fraction of sp³-hybridized carbons (Fsp3) is 0.120. The molecule has 0 aliphatic heterocycles. The van der Waals surface area contributed by atoms with E-state index in [0.29, 0.717) is 44.5 Å². The molecule has 0 saturated carbocycles. The predicted molar refractivity (Wildman–Crippen MR) is 134 cm³/mol. The molecule has 0 bridgehead atoms. The second-order valence-electron chi connectivity index (χ2n) is 6.96. The fourth-order valence-electron chi connectivity index (χ4n) is 2.78. The van der Waals surface area contributed by atoms with Gasteiger partial charge in [0, 0.05) is 16.9 Å². The molecule has 1 atom stereocenters. The molecule has 0 radical (unpaired) electrons. The van der Waals surface area contributed by atoms with Crippen LogP contribution in [0, 0.1) is 0 Å². The molecule has 0 aromatic heterocycles. The van der Waals surface area contributed by atoms with Crippen LogP contribution >= 0.6 is 27.5 Å². The Bertz CT molecular complexity index is 1150. The molecule has 3 rings (SSSR count). The molecule has 0 spiro atoms. The lowest BCUT2D eigenvalue weighted by molar-refractivity contribution is -0.122. The van der Waals surface area contributed by atoms with E-state index in [2.05, 4.69) is 33.1 Å². The second-order valence-corrected chi connectivity index (χ2v) is 8.22. The van der Waals surface area contributed by atoms with Gasteiger partial charge in [-0.15, -0.1) is 0 Å². The Morgan fingerprint density at radius 2 is 1.70 bits per heavy atom. The summed E-state index contributed by atoms with van der Waals surface area (Å²) in [5.41, 5.74) is 1.62. The van der Waals surface area contributed by atoms with E-state index in [-0.39, 0.29) is 11.8 Å². The van der Waals surface area contributed by atoms with Crippen LogP contribution in [0.1, 0.15) is 17.3 Å². The third kappa shape index (κ3) is 6.84. The van der Waals surface area contributed by atoms with Gasteiger partial charge in [0.2, 0.25) is 0 Å². The third-order valence-corrected chi connectivity index (χ3v) is 5.40. The summed E-state index contributed by atoms with van der Waals surface area (Å²) < 4.78 is 11.8. The summed E-state index contributed by atoms with van der Waals surface area (Å²) in [6.07, 6.45) is 0.896. The summed E-state index contributed by atoms with van der Waals surface area (Å²) in [5.74, 6) is 0.464. The van der Waals surface area contributed by atoms with E-state index in [1.165, 1.54) is 0 Å². The number of rotatable bonds is 9. The number of para-hydroxylation sites is 1. The zero-order chi connectivity index (χ0) is 23.8. The molecule has 2 amide bonds. The first-order valence-corrected chi connectivity index (χ1v) is 11.2. The largest absolute Gasteiger partial charge is 0.488 e. The summed E-state index contributed by atoms with van der Waals surface area (Å²) >= 11 is 9.47. The first-order valence-electron chi connectivity index (χ1n) is 10.0. The lowest BCUT2D eigenvalue weighted by Gasteiger charge is -2.16. The number of anilines is 2. The van der Waals surface area contributed by atoms with Crippen molar-refractivity contribution in [1.82, 2.24) is 0 Å². The minimum absolute atomic E-state index is 0.274. The maximum atomic E-state index is 12.6. The zero-order valence-corrected chi connectivity index (χ0v) is 20.2. The van der Waals surface area contributed by atoms with Crippen LogP contribution in [0.3, 0.4) is 0 Å². The van der Waals surface area contributed by atoms with Crippen LogP contribution in [-0.2, 0) is 4.79 Å². The van der Waals surface area contributed by atoms with Crippen molar-refractivity contribution in [2.45, 2.75) is 13.0 Å². The van der Waals surface area contributed by atoms with E-state index < -0.39 is 6.10 Å². The monoisotopic (exact) mass is 528 g/mol. The molecule has 0 aliphatic carbocycles. The van der Waals surface area contributed by atoms with Crippen molar-refractivity contribution < 1.29 is 19.1 Å². The van der Waals surface area contributed by atoms with E-state index in [1.54, 1.807) is 79.7 Å². The number of hydrogen-bond donors (Lipinski definition) is 2. The molecule has 2 N–H and O–H groups in total. The average Bonchev–Trinajstić information content (AvgIpc) is 2.81. The third-order valence-electron chi connectivity index (χ3n) is 4.47. The Labute approximate surface area is 205 Å². The average molecular weight is 530 g/mol. The second kappa shape index (κ2) is 11.5. The highest BCUT2D eigenvalue weighted by atomic mass is 79.9. The van der Waals surface area contributed by atoms with Gasteiger partial charge >= 0.3 is 0 Å². The number of carbonyl (C=O) groups excluding carboxylic acids is 2. The number of benzene rings is 3. The van der Waals surface area contributed by atoms with Crippen LogP contribution in [0.2, 0.25) is 5.02 Å². The molecule has 6 nitrogen and oxygen atoms in total. The van der Waals surface area contributed by atoms with E-state index in [9.17, 15) is 9.59 Å². The summed E-state index contributed by atoms with van der Waals surface area (Å²) in [4.78, 5) is 25.0. The summed E-state index contributed by atoms with van der Waals surface area (Å²) in [6.45, 7) is 5.62. The van der Waals surface area contributed by atoms with Crippen LogP contribution in [0.4, 0.5) is 11.4 Å². The molecule has 3 aromatic rings. The first-order chi connectivity index (χ1) is 15.9. The smallest absolute Gasteiger partial charge is 0.265 e. The Hall–Kier alpha value is -3.29. The number of ether oxygens (including phenoxy) is 2. The Morgan fingerprint density at radius 3 is 2.33 bits per heavy atom. The van der Waals surface area contributed by atoms with Crippen LogP contribution < -0.4 is 20.1 Å². The number of amides is 2. The lowest BCUT2D eigenvalue weighted by Crippen LogP contribution is -2.30. The molecule has 0 aliphatic rings. The van der Waals surface area contributed by atoms with Gasteiger partial charge in [-0.25, -0.2) is 0 Å². The van der Waals surface area contributed by atoms with Gasteiger partial charge < -0.3 is 20.1 Å². The Balaban J connectivity index is 1.57. The van der Waals surface area contributed by atoms with Crippen molar-refractivity contribution in [1.29, 1.82) is 0 Å². The maximum Gasteiger partial charge on any atom is 0.265 e. The Morgan fingerprint density at radius 1 is 1.03 bits per heavy atom. The number of hydrogen-bond acceptors (Lipinski definition) is 4. The van der Waals surface area contributed by atoms with Crippen molar-refractivity contribution in [3.8, 4) is 11.5 Å². The zero-order valence-electron chi connectivity index (χ0n) is 17.8. The quantitative estimate of drug-likeness (QED) is 0.318. The molecule has 8 heteroatoms. The van der Waals surface area contributed by atoms with Gasteiger partial charge in [0.1, 0.15) is 18.1 Å². The summed E-state index contributed by atoms with van der Waals surface area (Å²) in [5, 5.41) is 6.03. The van der Waals surface area contributed by atoms with Gasteiger partial charge in [-0.2, -0.15) is 0 Å². The van der Waals surface area contributed by atoms with Gasteiger partial charge in [-0.1, -0.05) is 36.4 Å². The minimum atomic E-state index is -0.749. The van der Waals surface area contributed by atoms with Gasteiger partial charge in [0.05, 0.1) is 9.50 Å². The van der Waals surface area contributed by atoms with E-state index in [0.717, 1.165) is 0 Å². The van der Waals surface area contributed by atoms with E-state index >= 15 is 0 Å². The van der Waals surface area contributed by atoms with E-state index in [4.69, 9.17) is 21.1 Å². The van der Waals surface area contributed by atoms with Gasteiger partial charge in [0.15, 0.2) is 6.10 Å². The molecule has 33 heavy (non-hydrogen) atoms. The maximum absolute atomic E-state index is 12.6. The van der Waals surface area contributed by atoms with Crippen molar-refractivity contribution in [3.63, 3.8) is 0 Å². The highest BCUT2D eigenvalue weighted by Crippen LogP contribution is 2.27. The standard InChI is InChI=1S/C25H22BrClN2O4/c1-3-14-32-22-13-8-17(15-20(22)26)25(31)29-19-11-9-18(10-12-19)28-24(30)16(2)33-23-7-5-4-6-21(23)27/h3-13,15-16H,1,14H2,2H3,(H,28,30)(H,29,31). The molecule has 1 unspecified atom stereocenters. The summed E-state index contributed by atoms with van der Waals surface area (Å²) in [6, 6.07) is 18.8. The normalized spacial score (nSPS) is 11.2. The van der Waals surface area contributed by atoms with Crippen molar-refractivity contribution >= 4 is 50.7 Å². The number of carbonyl (C=O) groups is 2. The molecule has 0 heterocycles. The van der Waals surface area contributed by atoms with Crippen LogP contribution in [0.15, 0.2) is 83.9 Å². The number of nitrogens with one attached hydrogen (secondary N) is 2. The van der Waals surface area contributed by atoms with Gasteiger partial charge in [0.25, 0.3) is 11.8 Å². The van der Waals surface area contributed by atoms with Crippen LogP contribution in [0.5, 0.6) is 11.5 Å². The molecular weight excluding hydrogens is 508 g/mol. The minimum Gasteiger partial charge on any atom is -0.488 e. The van der Waals surface area contributed by atoms with E-state index in [1.807, 2.05) is 0 Å². The van der Waals surface area contributed by atoms with Gasteiger partial charge in [-0.05, 0) is 77.5 Å². The van der Waals surface area contributed by atoms with Crippen LogP contribution in [-0.4, -0.2) is 24.5 Å². The Kier molecular flexibility index (Phi) is 8.52. The molecule has 170 valence electrons. The number of halogens is 2. The molecule has 3 aromatic carbocycles. The first kappa shape index (κ1) is 24.4. The SMILES string of the molecule is C=CCOc1ccc(C(=O)Nc2ccc(NC(=O)C(C)Oc3ccccc3Cl)cc2)cc1Br.